The zero-order chi connectivity index (χ0) is 9.59. The molecule has 72 valence electrons. The van der Waals surface area contributed by atoms with Gasteiger partial charge in [0.1, 0.15) is 6.04 Å². The highest BCUT2D eigenvalue weighted by atomic mass is 16.2. The van der Waals surface area contributed by atoms with Gasteiger partial charge in [0.2, 0.25) is 0 Å². The van der Waals surface area contributed by atoms with Gasteiger partial charge in [0.25, 0.3) is 5.91 Å². The Labute approximate surface area is 77.5 Å². The van der Waals surface area contributed by atoms with Crippen LogP contribution in [0, 0.1) is 0 Å². The molecule has 0 aromatic carbocycles. The normalized spacial score (nSPS) is 28.9. The Morgan fingerprint density at radius 2 is 2.00 bits per heavy atom. The van der Waals surface area contributed by atoms with Gasteiger partial charge in [-0.05, 0) is 19.3 Å². The maximum atomic E-state index is 11.7. The maximum Gasteiger partial charge on any atom is 0.327 e. The van der Waals surface area contributed by atoms with Crippen molar-refractivity contribution < 1.29 is 9.59 Å². The van der Waals surface area contributed by atoms with E-state index in [-0.39, 0.29) is 24.0 Å². The Bertz CT molecular complexity index is 260. The number of hydrogen-bond acceptors (Lipinski definition) is 2. The van der Waals surface area contributed by atoms with E-state index in [0.717, 1.165) is 12.8 Å². The van der Waals surface area contributed by atoms with Gasteiger partial charge in [-0.25, -0.2) is 4.79 Å². The summed E-state index contributed by atoms with van der Waals surface area (Å²) in [6.45, 7) is 1.93. The van der Waals surface area contributed by atoms with Crippen LogP contribution in [0.4, 0.5) is 4.79 Å². The Hall–Kier alpha value is -1.06. The summed E-state index contributed by atoms with van der Waals surface area (Å²) in [5.41, 5.74) is 0. The van der Waals surface area contributed by atoms with Crippen LogP contribution in [0.15, 0.2) is 0 Å². The van der Waals surface area contributed by atoms with Crippen molar-refractivity contribution in [1.82, 2.24) is 9.80 Å². The molecule has 13 heavy (non-hydrogen) atoms. The second-order valence-electron chi connectivity index (χ2n) is 3.76. The molecule has 2 aliphatic rings. The molecule has 1 atom stereocenters. The van der Waals surface area contributed by atoms with Gasteiger partial charge in [0.05, 0.1) is 0 Å². The number of carbonyl (C=O) groups excluding carboxylic acids is 2. The number of nitrogens with zero attached hydrogens (tertiary/aromatic N) is 2. The summed E-state index contributed by atoms with van der Waals surface area (Å²) in [5, 5.41) is 0. The first kappa shape index (κ1) is 8.53. The van der Waals surface area contributed by atoms with Crippen molar-refractivity contribution in [3.8, 4) is 0 Å². The predicted molar refractivity (Wildman–Crippen MR) is 47.1 cm³/mol. The third kappa shape index (κ3) is 1.12. The number of rotatable bonds is 2. The first-order valence-electron chi connectivity index (χ1n) is 4.76. The molecule has 2 fully saturated rings. The van der Waals surface area contributed by atoms with Gasteiger partial charge in [0.15, 0.2) is 0 Å². The first-order valence-corrected chi connectivity index (χ1v) is 4.76. The summed E-state index contributed by atoms with van der Waals surface area (Å²) in [5.74, 6) is -0.00231. The van der Waals surface area contributed by atoms with Crippen LogP contribution < -0.4 is 0 Å². The molecule has 4 heteroatoms. The lowest BCUT2D eigenvalue weighted by atomic mass is 10.2. The van der Waals surface area contributed by atoms with Crippen molar-refractivity contribution >= 4 is 11.9 Å². The highest BCUT2D eigenvalue weighted by molar-refractivity contribution is 6.04. The number of amides is 3. The molecule has 4 nitrogen and oxygen atoms in total. The standard InChI is InChI=1S/C9H14N2O2/c1-3-7-8(12)11(6-4-5-6)9(13)10(7)2/h6-7H,3-5H2,1-2H3. The zero-order valence-corrected chi connectivity index (χ0v) is 7.99. The van der Waals surface area contributed by atoms with E-state index < -0.39 is 0 Å². The molecule has 0 aromatic rings. The van der Waals surface area contributed by atoms with Gasteiger partial charge < -0.3 is 4.90 Å². The summed E-state index contributed by atoms with van der Waals surface area (Å²) >= 11 is 0. The lowest BCUT2D eigenvalue weighted by Gasteiger charge is -2.13. The van der Waals surface area contributed by atoms with Crippen molar-refractivity contribution in [3.63, 3.8) is 0 Å². The molecular weight excluding hydrogens is 168 g/mol. The van der Waals surface area contributed by atoms with Crippen LogP contribution in [0.2, 0.25) is 0 Å². The molecule has 1 unspecified atom stereocenters. The molecule has 0 spiro atoms. The maximum absolute atomic E-state index is 11.7. The van der Waals surface area contributed by atoms with Crippen LogP contribution in [0.1, 0.15) is 26.2 Å². The molecule has 0 radical (unpaired) electrons. The Morgan fingerprint density at radius 3 is 2.38 bits per heavy atom. The predicted octanol–water partition coefficient (Wildman–Crippen LogP) is 0.821. The van der Waals surface area contributed by atoms with E-state index in [0.29, 0.717) is 6.42 Å². The molecule has 0 N–H and O–H groups in total. The Morgan fingerprint density at radius 1 is 1.38 bits per heavy atom. The molecule has 0 bridgehead atoms. The van der Waals surface area contributed by atoms with Crippen LogP contribution in [-0.4, -0.2) is 40.9 Å². The Balaban J connectivity index is 2.21. The molecule has 1 saturated heterocycles. The molecule has 1 aliphatic carbocycles. The van der Waals surface area contributed by atoms with Gasteiger partial charge in [-0.15, -0.1) is 0 Å². The second kappa shape index (κ2) is 2.72. The average Bonchev–Trinajstić information content (AvgIpc) is 2.86. The van der Waals surface area contributed by atoms with Gasteiger partial charge >= 0.3 is 6.03 Å². The van der Waals surface area contributed by atoms with Crippen LogP contribution >= 0.6 is 0 Å². The smallest absolute Gasteiger partial charge is 0.315 e. The average molecular weight is 182 g/mol. The minimum Gasteiger partial charge on any atom is -0.315 e. The van der Waals surface area contributed by atoms with Crippen molar-refractivity contribution in [1.29, 1.82) is 0 Å². The van der Waals surface area contributed by atoms with Gasteiger partial charge in [-0.1, -0.05) is 6.92 Å². The highest BCUT2D eigenvalue weighted by Gasteiger charge is 2.48. The highest BCUT2D eigenvalue weighted by Crippen LogP contribution is 2.32. The van der Waals surface area contributed by atoms with Crippen molar-refractivity contribution in [3.05, 3.63) is 0 Å². The van der Waals surface area contributed by atoms with E-state index in [1.807, 2.05) is 6.92 Å². The van der Waals surface area contributed by atoms with Gasteiger partial charge in [-0.2, -0.15) is 0 Å². The minimum absolute atomic E-state index is 0.00231. The van der Waals surface area contributed by atoms with Crippen molar-refractivity contribution in [2.24, 2.45) is 0 Å². The lowest BCUT2D eigenvalue weighted by Crippen LogP contribution is -2.33. The molecule has 0 aromatic heterocycles. The van der Waals surface area contributed by atoms with E-state index >= 15 is 0 Å². The summed E-state index contributed by atoms with van der Waals surface area (Å²) in [7, 11) is 1.71. The fourth-order valence-electron chi connectivity index (χ4n) is 1.84. The van der Waals surface area contributed by atoms with E-state index in [2.05, 4.69) is 0 Å². The largest absolute Gasteiger partial charge is 0.327 e. The third-order valence-corrected chi connectivity index (χ3v) is 2.80. The molecule has 1 heterocycles. The number of hydrogen-bond donors (Lipinski definition) is 0. The summed E-state index contributed by atoms with van der Waals surface area (Å²) in [6, 6.07) is -0.119. The number of likely N-dealkylation sites (N-methyl/N-ethyl adjacent to an activating group) is 1. The topological polar surface area (TPSA) is 40.6 Å². The first-order chi connectivity index (χ1) is 6.16. The lowest BCUT2D eigenvalue weighted by molar-refractivity contribution is -0.128. The van der Waals surface area contributed by atoms with Crippen LogP contribution in [0.25, 0.3) is 0 Å². The van der Waals surface area contributed by atoms with E-state index in [1.54, 1.807) is 11.9 Å². The Kier molecular flexibility index (Phi) is 1.78. The number of imide groups is 1. The fourth-order valence-corrected chi connectivity index (χ4v) is 1.84. The van der Waals surface area contributed by atoms with E-state index in [4.69, 9.17) is 0 Å². The third-order valence-electron chi connectivity index (χ3n) is 2.80. The van der Waals surface area contributed by atoms with E-state index in [1.165, 1.54) is 4.90 Å². The second-order valence-corrected chi connectivity index (χ2v) is 3.76. The van der Waals surface area contributed by atoms with Crippen molar-refractivity contribution in [2.45, 2.75) is 38.3 Å². The molecule has 2 rings (SSSR count). The number of carbonyl (C=O) groups is 2. The van der Waals surface area contributed by atoms with Crippen LogP contribution in [0.3, 0.4) is 0 Å². The van der Waals surface area contributed by atoms with Gasteiger partial charge in [0, 0.05) is 13.1 Å². The van der Waals surface area contributed by atoms with Crippen molar-refractivity contribution in [2.75, 3.05) is 7.05 Å². The number of urea groups is 1. The van der Waals surface area contributed by atoms with Crippen LogP contribution in [-0.2, 0) is 4.79 Å². The van der Waals surface area contributed by atoms with E-state index in [9.17, 15) is 9.59 Å². The fraction of sp³-hybridized carbons (Fsp3) is 0.778. The monoisotopic (exact) mass is 182 g/mol. The molecular formula is C9H14N2O2. The minimum atomic E-state index is -0.215. The molecule has 1 saturated carbocycles. The zero-order valence-electron chi connectivity index (χ0n) is 7.99. The van der Waals surface area contributed by atoms with Crippen LogP contribution in [0.5, 0.6) is 0 Å². The van der Waals surface area contributed by atoms with Gasteiger partial charge in [-0.3, -0.25) is 9.69 Å². The summed E-state index contributed by atoms with van der Waals surface area (Å²) < 4.78 is 0. The SMILES string of the molecule is CCC1C(=O)N(C2CC2)C(=O)N1C. The summed E-state index contributed by atoms with van der Waals surface area (Å²) in [6.07, 6.45) is 2.69. The molecule has 3 amide bonds. The summed E-state index contributed by atoms with van der Waals surface area (Å²) in [4.78, 5) is 26.3. The quantitative estimate of drug-likeness (QED) is 0.593. The molecule has 1 aliphatic heterocycles.